The second-order valence-electron chi connectivity index (χ2n) is 4.88. The van der Waals surface area contributed by atoms with Gasteiger partial charge >= 0.3 is 131 Å². The molecular weight excluding hydrogens is 351 g/mol. The molecule has 3 aromatic heterocycles. The first-order valence-electron chi connectivity index (χ1n) is 6.68. The van der Waals surface area contributed by atoms with Crippen LogP contribution in [0.1, 0.15) is 18.4 Å². The Bertz CT molecular complexity index is 870. The molecule has 0 saturated carbocycles. The summed E-state index contributed by atoms with van der Waals surface area (Å²) in [5.74, 6) is 0. The Morgan fingerprint density at radius 3 is 2.90 bits per heavy atom. The van der Waals surface area contributed by atoms with E-state index < -0.39 is 0 Å². The molecule has 0 spiro atoms. The number of anilines is 1. The number of hydrogen-bond donors (Lipinski definition) is 0. The number of rotatable bonds is 2. The SMILES string of the molecule is CSc1nc2c3[se]c(N4CCCC4)c(C#N)c3ncn2n1. The summed E-state index contributed by atoms with van der Waals surface area (Å²) in [6.45, 7) is 2.10. The standard InChI is InChI=1S/C13H12N6SSe/c1-20-13-16-11-10-9(15-7-19(11)17-13)8(6-14)12(21-10)18-4-2-3-5-18/h7H,2-5H2,1H3. The molecular formula is C13H12N6SSe. The maximum absolute atomic E-state index is 9.56. The van der Waals surface area contributed by atoms with Crippen molar-refractivity contribution in [2.45, 2.75) is 18.0 Å². The van der Waals surface area contributed by atoms with Crippen LogP contribution in [0.3, 0.4) is 0 Å². The van der Waals surface area contributed by atoms with Crippen LogP contribution < -0.4 is 4.90 Å². The minimum absolute atomic E-state index is 0.0863. The summed E-state index contributed by atoms with van der Waals surface area (Å²) in [5, 5.41) is 14.7. The van der Waals surface area contributed by atoms with Crippen LogP contribution in [0.5, 0.6) is 0 Å². The normalized spacial score (nSPS) is 15.1. The first-order valence-corrected chi connectivity index (χ1v) is 9.62. The van der Waals surface area contributed by atoms with E-state index in [-0.39, 0.29) is 14.5 Å². The number of aromatic nitrogens is 4. The molecule has 6 nitrogen and oxygen atoms in total. The van der Waals surface area contributed by atoms with Crippen molar-refractivity contribution >= 4 is 46.3 Å². The summed E-state index contributed by atoms with van der Waals surface area (Å²) in [6, 6.07) is 2.36. The Kier molecular flexibility index (Phi) is 3.14. The predicted molar refractivity (Wildman–Crippen MR) is 83.2 cm³/mol. The molecule has 0 amide bonds. The van der Waals surface area contributed by atoms with E-state index in [1.807, 2.05) is 6.26 Å². The van der Waals surface area contributed by atoms with E-state index in [2.05, 4.69) is 26.0 Å². The van der Waals surface area contributed by atoms with E-state index in [0.29, 0.717) is 0 Å². The van der Waals surface area contributed by atoms with Gasteiger partial charge < -0.3 is 0 Å². The van der Waals surface area contributed by atoms with Crippen LogP contribution in [-0.4, -0.2) is 53.4 Å². The third kappa shape index (κ3) is 1.96. The summed E-state index contributed by atoms with van der Waals surface area (Å²) in [7, 11) is 0. The van der Waals surface area contributed by atoms with E-state index in [0.717, 1.165) is 39.2 Å². The van der Waals surface area contributed by atoms with E-state index >= 15 is 0 Å². The zero-order valence-corrected chi connectivity index (χ0v) is 13.9. The number of nitriles is 1. The summed E-state index contributed by atoms with van der Waals surface area (Å²) in [5.41, 5.74) is 2.40. The van der Waals surface area contributed by atoms with Gasteiger partial charge in [0.15, 0.2) is 0 Å². The first kappa shape index (κ1) is 13.1. The van der Waals surface area contributed by atoms with Crippen LogP contribution in [0.25, 0.3) is 15.4 Å². The van der Waals surface area contributed by atoms with Gasteiger partial charge in [0, 0.05) is 0 Å². The van der Waals surface area contributed by atoms with Crippen molar-refractivity contribution in [2.75, 3.05) is 24.2 Å². The van der Waals surface area contributed by atoms with Crippen LogP contribution in [0, 0.1) is 11.3 Å². The summed E-state index contributed by atoms with van der Waals surface area (Å²) < 4.78 is 4.00. The molecule has 0 atom stereocenters. The van der Waals surface area contributed by atoms with Crippen LogP contribution in [0.15, 0.2) is 11.5 Å². The minimum atomic E-state index is 0.0863. The fourth-order valence-electron chi connectivity index (χ4n) is 2.67. The Hall–Kier alpha value is -1.55. The van der Waals surface area contributed by atoms with Crippen LogP contribution >= 0.6 is 11.8 Å². The van der Waals surface area contributed by atoms with Gasteiger partial charge in [0.1, 0.15) is 0 Å². The van der Waals surface area contributed by atoms with Gasteiger partial charge in [-0.3, -0.25) is 0 Å². The fraction of sp³-hybridized carbons (Fsp3) is 0.385. The molecule has 0 N–H and O–H groups in total. The molecule has 21 heavy (non-hydrogen) atoms. The fourth-order valence-corrected chi connectivity index (χ4v) is 5.60. The van der Waals surface area contributed by atoms with Gasteiger partial charge in [-0.25, -0.2) is 0 Å². The van der Waals surface area contributed by atoms with Crippen molar-refractivity contribution < 1.29 is 0 Å². The second kappa shape index (κ2) is 5.02. The Labute approximate surface area is 131 Å². The van der Waals surface area contributed by atoms with Gasteiger partial charge in [-0.05, 0) is 0 Å². The van der Waals surface area contributed by atoms with Crippen LogP contribution in [-0.2, 0) is 0 Å². The molecule has 0 unspecified atom stereocenters. The van der Waals surface area contributed by atoms with Crippen molar-refractivity contribution in [3.8, 4) is 6.07 Å². The van der Waals surface area contributed by atoms with Crippen molar-refractivity contribution in [2.24, 2.45) is 0 Å². The average Bonchev–Trinajstić information content (AvgIpc) is 3.22. The monoisotopic (exact) mass is 364 g/mol. The summed E-state index contributed by atoms with van der Waals surface area (Å²) >= 11 is 1.61. The van der Waals surface area contributed by atoms with E-state index in [1.54, 1.807) is 10.8 Å². The second-order valence-corrected chi connectivity index (χ2v) is 7.75. The molecule has 3 aromatic rings. The molecule has 106 valence electrons. The van der Waals surface area contributed by atoms with Crippen molar-refractivity contribution in [3.05, 3.63) is 11.9 Å². The molecule has 1 saturated heterocycles. The van der Waals surface area contributed by atoms with E-state index in [1.165, 1.54) is 29.2 Å². The number of hydrogen-bond acceptors (Lipinski definition) is 6. The van der Waals surface area contributed by atoms with Crippen molar-refractivity contribution in [1.82, 2.24) is 19.6 Å². The van der Waals surface area contributed by atoms with Crippen molar-refractivity contribution in [3.63, 3.8) is 0 Å². The molecule has 8 heteroatoms. The molecule has 1 aliphatic rings. The number of fused-ring (bicyclic) bond motifs is 3. The van der Waals surface area contributed by atoms with Crippen molar-refractivity contribution in [1.29, 1.82) is 5.26 Å². The molecule has 4 rings (SSSR count). The molecule has 0 radical (unpaired) electrons. The number of thioether (sulfide) groups is 1. The van der Waals surface area contributed by atoms with Gasteiger partial charge in [-0.1, -0.05) is 0 Å². The Morgan fingerprint density at radius 1 is 1.38 bits per heavy atom. The molecule has 1 aliphatic heterocycles. The van der Waals surface area contributed by atoms with E-state index in [4.69, 9.17) is 0 Å². The first-order chi connectivity index (χ1) is 10.3. The molecule has 0 bridgehead atoms. The van der Waals surface area contributed by atoms with Crippen LogP contribution in [0.2, 0.25) is 0 Å². The average molecular weight is 363 g/mol. The maximum atomic E-state index is 9.56. The zero-order chi connectivity index (χ0) is 14.4. The Balaban J connectivity index is 2.01. The summed E-state index contributed by atoms with van der Waals surface area (Å²) in [4.78, 5) is 11.4. The van der Waals surface area contributed by atoms with Gasteiger partial charge in [0.25, 0.3) is 0 Å². The van der Waals surface area contributed by atoms with Gasteiger partial charge in [0.2, 0.25) is 0 Å². The topological polar surface area (TPSA) is 70.1 Å². The zero-order valence-electron chi connectivity index (χ0n) is 11.4. The van der Waals surface area contributed by atoms with Gasteiger partial charge in [0.05, 0.1) is 0 Å². The molecule has 0 aliphatic carbocycles. The molecule has 0 aromatic carbocycles. The quantitative estimate of drug-likeness (QED) is 0.508. The summed E-state index contributed by atoms with van der Waals surface area (Å²) in [6.07, 6.45) is 6.04. The van der Waals surface area contributed by atoms with Crippen LogP contribution in [0.4, 0.5) is 4.56 Å². The Morgan fingerprint density at radius 2 is 2.19 bits per heavy atom. The predicted octanol–water partition coefficient (Wildman–Crippen LogP) is 1.53. The molecule has 1 fully saturated rings. The van der Waals surface area contributed by atoms with Gasteiger partial charge in [-0.2, -0.15) is 0 Å². The third-order valence-corrected chi connectivity index (χ3v) is 6.79. The third-order valence-electron chi connectivity index (χ3n) is 3.66. The number of nitrogens with zero attached hydrogens (tertiary/aromatic N) is 6. The van der Waals surface area contributed by atoms with Gasteiger partial charge in [-0.15, -0.1) is 0 Å². The van der Waals surface area contributed by atoms with E-state index in [9.17, 15) is 5.26 Å². The molecule has 4 heterocycles.